The van der Waals surface area contributed by atoms with Crippen molar-refractivity contribution < 1.29 is 4.79 Å². The maximum Gasteiger partial charge on any atom is 0.267 e. The average molecular weight is 298 g/mol. The normalized spacial score (nSPS) is 10.9. The summed E-state index contributed by atoms with van der Waals surface area (Å²) in [5, 5.41) is 4.97. The van der Waals surface area contributed by atoms with Crippen LogP contribution in [0.25, 0.3) is 10.2 Å². The molecule has 0 unspecified atom stereocenters. The maximum atomic E-state index is 12.2. The molecular weight excluding hydrogens is 280 g/mol. The van der Waals surface area contributed by atoms with Gasteiger partial charge in [-0.2, -0.15) is 0 Å². The smallest absolute Gasteiger partial charge is 0.267 e. The number of aromatic nitrogens is 1. The van der Waals surface area contributed by atoms with Gasteiger partial charge in [-0.1, -0.05) is 30.3 Å². The highest BCUT2D eigenvalue weighted by Crippen LogP contribution is 2.25. The molecule has 2 heterocycles. The lowest BCUT2D eigenvalue weighted by molar-refractivity contribution is 0.0947. The van der Waals surface area contributed by atoms with E-state index >= 15 is 0 Å². The zero-order chi connectivity index (χ0) is 14.7. The van der Waals surface area contributed by atoms with Crippen molar-refractivity contribution in [1.29, 1.82) is 0 Å². The first-order chi connectivity index (χ1) is 10.3. The number of nitrogens with one attached hydrogen (secondary N) is 1. The predicted octanol–water partition coefficient (Wildman–Crippen LogP) is 3.70. The van der Waals surface area contributed by atoms with E-state index < -0.39 is 0 Å². The number of amides is 1. The summed E-state index contributed by atoms with van der Waals surface area (Å²) in [5.74, 6) is 0.00830. The Bertz CT molecular complexity index is 743. The largest absolute Gasteiger partial charge is 0.351 e. The summed E-state index contributed by atoms with van der Waals surface area (Å²) < 4.78 is 3.30. The van der Waals surface area contributed by atoms with E-state index in [0.29, 0.717) is 6.54 Å². The second kappa shape index (κ2) is 6.14. The van der Waals surface area contributed by atoms with E-state index in [4.69, 9.17) is 0 Å². The molecule has 0 saturated carbocycles. The van der Waals surface area contributed by atoms with Crippen LogP contribution in [0.1, 0.15) is 23.0 Å². The van der Waals surface area contributed by atoms with E-state index in [-0.39, 0.29) is 5.91 Å². The van der Waals surface area contributed by atoms with Crippen LogP contribution in [-0.2, 0) is 13.0 Å². The molecule has 0 radical (unpaired) electrons. The molecule has 1 amide bonds. The highest BCUT2D eigenvalue weighted by atomic mass is 32.1. The summed E-state index contributed by atoms with van der Waals surface area (Å²) in [4.78, 5) is 12.2. The first-order valence-corrected chi connectivity index (χ1v) is 8.06. The minimum absolute atomic E-state index is 0.00830. The second-order valence-corrected chi connectivity index (χ2v) is 5.89. The van der Waals surface area contributed by atoms with Crippen LogP contribution >= 0.6 is 11.3 Å². The third-order valence-electron chi connectivity index (χ3n) is 3.56. The maximum absolute atomic E-state index is 12.2. The van der Waals surface area contributed by atoms with Gasteiger partial charge in [0.15, 0.2) is 0 Å². The highest BCUT2D eigenvalue weighted by Gasteiger charge is 2.15. The molecule has 0 aliphatic rings. The SMILES string of the molecule is CCNC(=O)c1cc2sccc2n1CCc1ccccc1. The highest BCUT2D eigenvalue weighted by molar-refractivity contribution is 7.17. The van der Waals surface area contributed by atoms with Crippen molar-refractivity contribution in [3.8, 4) is 0 Å². The number of benzene rings is 1. The van der Waals surface area contributed by atoms with Crippen molar-refractivity contribution in [1.82, 2.24) is 9.88 Å². The summed E-state index contributed by atoms with van der Waals surface area (Å²) in [7, 11) is 0. The van der Waals surface area contributed by atoms with Gasteiger partial charge in [0.25, 0.3) is 5.91 Å². The lowest BCUT2D eigenvalue weighted by Gasteiger charge is -2.10. The van der Waals surface area contributed by atoms with Crippen LogP contribution in [0.5, 0.6) is 0 Å². The van der Waals surface area contributed by atoms with Gasteiger partial charge in [-0.05, 0) is 36.4 Å². The summed E-state index contributed by atoms with van der Waals surface area (Å²) in [6, 6.07) is 14.5. The molecule has 0 fully saturated rings. The average Bonchev–Trinajstić information content (AvgIpc) is 3.07. The molecule has 1 N–H and O–H groups in total. The van der Waals surface area contributed by atoms with Crippen LogP contribution in [0.15, 0.2) is 47.8 Å². The number of hydrogen-bond acceptors (Lipinski definition) is 2. The number of carbonyl (C=O) groups excluding carboxylic acids is 1. The van der Waals surface area contributed by atoms with Gasteiger partial charge in [0.05, 0.1) is 10.2 Å². The number of rotatable bonds is 5. The van der Waals surface area contributed by atoms with E-state index in [9.17, 15) is 4.79 Å². The van der Waals surface area contributed by atoms with Crippen molar-refractivity contribution in [3.05, 3.63) is 59.1 Å². The van der Waals surface area contributed by atoms with E-state index in [1.807, 2.05) is 19.1 Å². The van der Waals surface area contributed by atoms with E-state index in [1.165, 1.54) is 10.3 Å². The van der Waals surface area contributed by atoms with Gasteiger partial charge in [-0.15, -0.1) is 11.3 Å². The van der Waals surface area contributed by atoms with Crippen molar-refractivity contribution in [2.24, 2.45) is 0 Å². The Morgan fingerprint density at radius 3 is 2.81 bits per heavy atom. The van der Waals surface area contributed by atoms with Gasteiger partial charge < -0.3 is 9.88 Å². The Kier molecular flexibility index (Phi) is 4.06. The molecule has 2 aromatic heterocycles. The molecular formula is C17H18N2OS. The Balaban J connectivity index is 1.90. The predicted molar refractivity (Wildman–Crippen MR) is 88.0 cm³/mol. The summed E-state index contributed by atoms with van der Waals surface area (Å²) in [6.07, 6.45) is 0.923. The van der Waals surface area contributed by atoms with Crippen LogP contribution in [0.4, 0.5) is 0 Å². The number of carbonyl (C=O) groups is 1. The van der Waals surface area contributed by atoms with Gasteiger partial charge in [0, 0.05) is 13.1 Å². The molecule has 0 saturated heterocycles. The Labute approximate surface area is 128 Å². The van der Waals surface area contributed by atoms with E-state index in [0.717, 1.165) is 24.2 Å². The molecule has 1 aromatic carbocycles. The fourth-order valence-electron chi connectivity index (χ4n) is 2.54. The van der Waals surface area contributed by atoms with Gasteiger partial charge in [-0.25, -0.2) is 0 Å². The van der Waals surface area contributed by atoms with E-state index in [1.54, 1.807) is 11.3 Å². The first kappa shape index (κ1) is 13.9. The number of thiophene rings is 1. The van der Waals surface area contributed by atoms with Crippen molar-refractivity contribution in [2.75, 3.05) is 6.54 Å². The second-order valence-electron chi connectivity index (χ2n) is 4.95. The van der Waals surface area contributed by atoms with Crippen LogP contribution in [0.3, 0.4) is 0 Å². The Hall–Kier alpha value is -2.07. The molecule has 3 nitrogen and oxygen atoms in total. The van der Waals surface area contributed by atoms with Crippen LogP contribution in [-0.4, -0.2) is 17.0 Å². The monoisotopic (exact) mass is 298 g/mol. The quantitative estimate of drug-likeness (QED) is 0.766. The van der Waals surface area contributed by atoms with Crippen LogP contribution in [0.2, 0.25) is 0 Å². The Morgan fingerprint density at radius 2 is 2.05 bits per heavy atom. The fraction of sp³-hybridized carbons (Fsp3) is 0.235. The molecule has 4 heteroatoms. The number of aryl methyl sites for hydroxylation is 2. The summed E-state index contributed by atoms with van der Waals surface area (Å²) in [6.45, 7) is 3.41. The molecule has 0 atom stereocenters. The molecule has 3 aromatic rings. The van der Waals surface area contributed by atoms with Crippen molar-refractivity contribution in [3.63, 3.8) is 0 Å². The number of fused-ring (bicyclic) bond motifs is 1. The minimum Gasteiger partial charge on any atom is -0.351 e. The molecule has 21 heavy (non-hydrogen) atoms. The lowest BCUT2D eigenvalue weighted by atomic mass is 10.1. The molecule has 0 aliphatic carbocycles. The molecule has 0 bridgehead atoms. The standard InChI is InChI=1S/C17H18N2OS/c1-2-18-17(20)15-12-16-14(9-11-21-16)19(15)10-8-13-6-4-3-5-7-13/h3-7,9,11-12H,2,8,10H2,1H3,(H,18,20). The summed E-state index contributed by atoms with van der Waals surface area (Å²) >= 11 is 1.68. The Morgan fingerprint density at radius 1 is 1.24 bits per heavy atom. The fourth-order valence-corrected chi connectivity index (χ4v) is 3.37. The van der Waals surface area contributed by atoms with Crippen LogP contribution < -0.4 is 5.32 Å². The van der Waals surface area contributed by atoms with Crippen molar-refractivity contribution >= 4 is 27.5 Å². The topological polar surface area (TPSA) is 34.0 Å². The van der Waals surface area contributed by atoms with Gasteiger partial charge in [-0.3, -0.25) is 4.79 Å². The van der Waals surface area contributed by atoms with Gasteiger partial charge in [0.1, 0.15) is 5.69 Å². The van der Waals surface area contributed by atoms with Crippen LogP contribution in [0, 0.1) is 0 Å². The number of hydrogen-bond donors (Lipinski definition) is 1. The third-order valence-corrected chi connectivity index (χ3v) is 4.41. The summed E-state index contributed by atoms with van der Waals surface area (Å²) in [5.41, 5.74) is 3.20. The zero-order valence-corrected chi connectivity index (χ0v) is 12.8. The molecule has 0 spiro atoms. The molecule has 108 valence electrons. The van der Waals surface area contributed by atoms with Crippen molar-refractivity contribution in [2.45, 2.75) is 19.9 Å². The number of nitrogens with zero attached hydrogens (tertiary/aromatic N) is 1. The van der Waals surface area contributed by atoms with Gasteiger partial charge in [0.2, 0.25) is 0 Å². The first-order valence-electron chi connectivity index (χ1n) is 7.18. The van der Waals surface area contributed by atoms with Gasteiger partial charge >= 0.3 is 0 Å². The molecule has 0 aliphatic heterocycles. The lowest BCUT2D eigenvalue weighted by Crippen LogP contribution is -2.25. The van der Waals surface area contributed by atoms with E-state index in [2.05, 4.69) is 45.6 Å². The third kappa shape index (κ3) is 2.85. The minimum atomic E-state index is 0.00830. The zero-order valence-electron chi connectivity index (χ0n) is 12.0. The molecule has 3 rings (SSSR count).